The number of nitrogens with zero attached hydrogens (tertiary/aromatic N) is 2. The third-order valence-corrected chi connectivity index (χ3v) is 6.48. The summed E-state index contributed by atoms with van der Waals surface area (Å²) in [7, 11) is 2.95. The maximum atomic E-state index is 13.8. The Labute approximate surface area is 196 Å². The number of amides is 1. The lowest BCUT2D eigenvalue weighted by molar-refractivity contribution is -0.117. The fourth-order valence-corrected chi connectivity index (χ4v) is 4.92. The molecule has 0 bridgehead atoms. The molecule has 4 aromatic rings. The van der Waals surface area contributed by atoms with E-state index >= 15 is 0 Å². The van der Waals surface area contributed by atoms with Crippen LogP contribution in [0.5, 0.6) is 11.5 Å². The van der Waals surface area contributed by atoms with Gasteiger partial charge in [0.05, 0.1) is 42.3 Å². The van der Waals surface area contributed by atoms with Crippen molar-refractivity contribution in [3.63, 3.8) is 0 Å². The van der Waals surface area contributed by atoms with E-state index in [1.165, 1.54) is 55.7 Å². The van der Waals surface area contributed by atoms with Crippen LogP contribution in [0.2, 0.25) is 0 Å². The zero-order valence-electron chi connectivity index (χ0n) is 17.9. The molecule has 1 amide bonds. The molecule has 34 heavy (non-hydrogen) atoms. The van der Waals surface area contributed by atoms with Gasteiger partial charge in [0.15, 0.2) is 28.1 Å². The fourth-order valence-electron chi connectivity index (χ4n) is 3.90. The van der Waals surface area contributed by atoms with Crippen LogP contribution in [-0.2, 0) is 4.79 Å². The molecule has 2 aromatic carbocycles. The van der Waals surface area contributed by atoms with Crippen molar-refractivity contribution in [3.05, 3.63) is 83.3 Å². The number of fused-ring (bicyclic) bond motifs is 1. The van der Waals surface area contributed by atoms with E-state index in [4.69, 9.17) is 13.9 Å². The van der Waals surface area contributed by atoms with Crippen molar-refractivity contribution in [3.8, 4) is 11.5 Å². The largest absolute Gasteiger partial charge is 0.503 e. The Bertz CT molecular complexity index is 1460. The van der Waals surface area contributed by atoms with Crippen molar-refractivity contribution in [1.29, 1.82) is 0 Å². The van der Waals surface area contributed by atoms with Gasteiger partial charge in [0.25, 0.3) is 5.91 Å². The second kappa shape index (κ2) is 8.31. The zero-order chi connectivity index (χ0) is 24.0. The molecule has 0 aliphatic carbocycles. The number of aliphatic hydroxyl groups is 1. The molecule has 5 rings (SSSR count). The lowest BCUT2D eigenvalue weighted by Crippen LogP contribution is -2.31. The summed E-state index contributed by atoms with van der Waals surface area (Å²) >= 11 is 1.07. The molecule has 8 nitrogen and oxygen atoms in total. The van der Waals surface area contributed by atoms with Gasteiger partial charge in [-0.15, -0.1) is 0 Å². The average Bonchev–Trinajstić information content (AvgIpc) is 3.57. The minimum absolute atomic E-state index is 0.0342. The first-order valence-electron chi connectivity index (χ1n) is 10.1. The standard InChI is InChI=1S/C24H17FN2O6S/c1-31-15-8-5-12(10-17(15)32-2)20-19(21(28)16-4-3-9-33-16)22(29)23(30)27(20)24-26-14-7-6-13(25)11-18(14)34-24/h3-11,20,29H,1-2H3/t20-/m1/s1. The van der Waals surface area contributed by atoms with Crippen molar-refractivity contribution in [2.75, 3.05) is 19.1 Å². The predicted molar refractivity (Wildman–Crippen MR) is 122 cm³/mol. The number of aliphatic hydroxyl groups excluding tert-OH is 1. The highest BCUT2D eigenvalue weighted by atomic mass is 32.1. The number of furan rings is 1. The Morgan fingerprint density at radius 1 is 1.15 bits per heavy atom. The summed E-state index contributed by atoms with van der Waals surface area (Å²) in [4.78, 5) is 32.2. The molecular formula is C24H17FN2O6S. The topological polar surface area (TPSA) is 102 Å². The van der Waals surface area contributed by atoms with E-state index in [0.29, 0.717) is 27.3 Å². The molecule has 1 aliphatic rings. The Morgan fingerprint density at radius 3 is 2.65 bits per heavy atom. The predicted octanol–water partition coefficient (Wildman–Crippen LogP) is 4.83. The van der Waals surface area contributed by atoms with Gasteiger partial charge in [-0.25, -0.2) is 9.37 Å². The molecule has 10 heteroatoms. The molecule has 0 saturated carbocycles. The number of anilines is 1. The number of carbonyl (C=O) groups is 2. The van der Waals surface area contributed by atoms with E-state index in [1.807, 2.05) is 0 Å². The molecule has 2 aromatic heterocycles. The second-order valence-electron chi connectivity index (χ2n) is 7.37. The first-order chi connectivity index (χ1) is 16.4. The van der Waals surface area contributed by atoms with E-state index in [-0.39, 0.29) is 16.5 Å². The van der Waals surface area contributed by atoms with E-state index in [2.05, 4.69) is 4.98 Å². The van der Waals surface area contributed by atoms with Crippen LogP contribution in [0.3, 0.4) is 0 Å². The average molecular weight is 480 g/mol. The number of thiazole rings is 1. The number of Topliss-reactive ketones (excluding diaryl/α,β-unsaturated/α-hetero) is 1. The number of hydrogen-bond donors (Lipinski definition) is 1. The summed E-state index contributed by atoms with van der Waals surface area (Å²) in [5, 5.41) is 11.0. The van der Waals surface area contributed by atoms with Crippen molar-refractivity contribution in [2.45, 2.75) is 6.04 Å². The van der Waals surface area contributed by atoms with Gasteiger partial charge in [-0.3, -0.25) is 14.5 Å². The highest BCUT2D eigenvalue weighted by Crippen LogP contribution is 2.45. The summed E-state index contributed by atoms with van der Waals surface area (Å²) in [6, 6.07) is 10.9. The first-order valence-corrected chi connectivity index (χ1v) is 10.9. The molecule has 172 valence electrons. The van der Waals surface area contributed by atoms with Crippen LogP contribution >= 0.6 is 11.3 Å². The SMILES string of the molecule is COc1ccc([C@@H]2C(C(=O)c3ccco3)=C(O)C(=O)N2c2nc3ccc(F)cc3s2)cc1OC. The van der Waals surface area contributed by atoms with Crippen molar-refractivity contribution in [1.82, 2.24) is 4.98 Å². The monoisotopic (exact) mass is 480 g/mol. The zero-order valence-corrected chi connectivity index (χ0v) is 18.8. The Kier molecular flexibility index (Phi) is 5.29. The molecule has 0 radical (unpaired) electrons. The van der Waals surface area contributed by atoms with Crippen molar-refractivity contribution >= 4 is 38.4 Å². The molecular weight excluding hydrogens is 463 g/mol. The minimum Gasteiger partial charge on any atom is -0.503 e. The van der Waals surface area contributed by atoms with Gasteiger partial charge in [0, 0.05) is 0 Å². The number of halogens is 1. The molecule has 1 aliphatic heterocycles. The normalized spacial score (nSPS) is 15.9. The Morgan fingerprint density at radius 2 is 1.94 bits per heavy atom. The summed E-state index contributed by atoms with van der Waals surface area (Å²) in [6.07, 6.45) is 1.33. The molecule has 1 N–H and O–H groups in total. The summed E-state index contributed by atoms with van der Waals surface area (Å²) in [5.41, 5.74) is 0.776. The second-order valence-corrected chi connectivity index (χ2v) is 8.38. The highest BCUT2D eigenvalue weighted by Gasteiger charge is 2.46. The van der Waals surface area contributed by atoms with Crippen LogP contribution in [-0.4, -0.2) is 36.0 Å². The van der Waals surface area contributed by atoms with Gasteiger partial charge in [-0.05, 0) is 48.0 Å². The number of aromatic nitrogens is 1. The number of methoxy groups -OCH3 is 2. The van der Waals surface area contributed by atoms with Crippen molar-refractivity contribution < 1.29 is 33.0 Å². The lowest BCUT2D eigenvalue weighted by atomic mass is 9.95. The molecule has 0 spiro atoms. The molecule has 1 atom stereocenters. The van der Waals surface area contributed by atoms with E-state index in [0.717, 1.165) is 11.3 Å². The van der Waals surface area contributed by atoms with Gasteiger partial charge in [-0.1, -0.05) is 17.4 Å². The van der Waals surface area contributed by atoms with Crippen LogP contribution in [0.15, 0.2) is 70.5 Å². The van der Waals surface area contributed by atoms with Gasteiger partial charge >= 0.3 is 0 Å². The van der Waals surface area contributed by atoms with E-state index < -0.39 is 29.3 Å². The Hall–Kier alpha value is -4.18. The van der Waals surface area contributed by atoms with Gasteiger partial charge in [0.2, 0.25) is 5.78 Å². The van der Waals surface area contributed by atoms with Crippen LogP contribution in [0, 0.1) is 5.82 Å². The number of benzene rings is 2. The van der Waals surface area contributed by atoms with Crippen LogP contribution < -0.4 is 14.4 Å². The van der Waals surface area contributed by atoms with E-state index in [9.17, 15) is 19.1 Å². The first kappa shape index (κ1) is 21.7. The Balaban J connectivity index is 1.70. The van der Waals surface area contributed by atoms with Crippen LogP contribution in [0.25, 0.3) is 10.2 Å². The molecule has 0 saturated heterocycles. The van der Waals surface area contributed by atoms with Gasteiger partial charge < -0.3 is 19.0 Å². The molecule has 3 heterocycles. The van der Waals surface area contributed by atoms with Gasteiger partial charge in [-0.2, -0.15) is 0 Å². The molecule has 0 unspecified atom stereocenters. The number of ketones is 1. The van der Waals surface area contributed by atoms with Crippen molar-refractivity contribution in [2.24, 2.45) is 0 Å². The summed E-state index contributed by atoms with van der Waals surface area (Å²) in [5.74, 6) is -1.83. The highest BCUT2D eigenvalue weighted by molar-refractivity contribution is 7.22. The maximum absolute atomic E-state index is 13.8. The van der Waals surface area contributed by atoms with Gasteiger partial charge in [0.1, 0.15) is 5.82 Å². The number of rotatable bonds is 6. The summed E-state index contributed by atoms with van der Waals surface area (Å²) < 4.78 is 30.2. The smallest absolute Gasteiger partial charge is 0.296 e. The van der Waals surface area contributed by atoms with E-state index in [1.54, 1.807) is 18.2 Å². The van der Waals surface area contributed by atoms with Crippen LogP contribution in [0.4, 0.5) is 9.52 Å². The third kappa shape index (κ3) is 3.39. The minimum atomic E-state index is -1.05. The van der Waals surface area contributed by atoms with Crippen LogP contribution in [0.1, 0.15) is 22.2 Å². The quantitative estimate of drug-likeness (QED) is 0.395. The summed E-state index contributed by atoms with van der Waals surface area (Å²) in [6.45, 7) is 0. The lowest BCUT2D eigenvalue weighted by Gasteiger charge is -2.25. The third-order valence-electron chi connectivity index (χ3n) is 5.47. The number of carbonyl (C=O) groups excluding carboxylic acids is 2. The number of hydrogen-bond acceptors (Lipinski definition) is 8. The maximum Gasteiger partial charge on any atom is 0.296 e. The number of ether oxygens (including phenoxy) is 2. The molecule has 0 fully saturated rings. The fraction of sp³-hybridized carbons (Fsp3) is 0.125.